The van der Waals surface area contributed by atoms with Gasteiger partial charge in [0, 0.05) is 22.6 Å². The molecule has 0 bridgehead atoms. The molecule has 138 heavy (non-hydrogen) atoms. The number of hydrogen-bond acceptors (Lipinski definition) is 4. The second-order valence-electron chi connectivity index (χ2n) is 36.9. The fraction of sp³-hybridized carbons (Fsp3) is 0.234. The van der Waals surface area contributed by atoms with E-state index >= 15 is 0 Å². The first kappa shape index (κ1) is 101. The van der Waals surface area contributed by atoms with E-state index in [-0.39, 0.29) is 34.7 Å². The molecule has 2 aliphatic rings. The molecule has 4 nitrogen and oxygen atoms in total. The highest BCUT2D eigenvalue weighted by molar-refractivity contribution is 5.91. The molecule has 0 amide bonds. The molecule has 0 spiro atoms. The largest absolute Gasteiger partial charge is 0.426 e. The van der Waals surface area contributed by atoms with Crippen LogP contribution in [0.3, 0.4) is 0 Å². The number of carbonyl (C=O) groups is 2. The van der Waals surface area contributed by atoms with Gasteiger partial charge in [0.25, 0.3) is 0 Å². The lowest BCUT2D eigenvalue weighted by Gasteiger charge is -2.27. The van der Waals surface area contributed by atoms with Gasteiger partial charge in [0.2, 0.25) is 0 Å². The van der Waals surface area contributed by atoms with E-state index in [4.69, 9.17) is 9.47 Å². The lowest BCUT2D eigenvalue weighted by Crippen LogP contribution is -2.25. The molecule has 10 heteroatoms. The van der Waals surface area contributed by atoms with Gasteiger partial charge >= 0.3 is 11.9 Å². The topological polar surface area (TPSA) is 52.6 Å². The first-order valence-corrected chi connectivity index (χ1v) is 48.9. The van der Waals surface area contributed by atoms with Crippen molar-refractivity contribution >= 4 is 78.0 Å². The number of carbonyl (C=O) groups excluding carboxylic acids is 2. The molecule has 0 heterocycles. The van der Waals surface area contributed by atoms with Crippen LogP contribution in [0, 0.1) is 35.3 Å². The predicted molar refractivity (Wildman–Crippen MR) is 564 cm³/mol. The SMILES string of the molecule is CCCC1CCC(/C(F)=C(\F)c2ccc(C=Cc3ccc(C[C@H](C)c4ccccc4)cc3)cc2)CC1.CCCC1CCC(C(=O)Oc2ccc(C=Cc3ccc(C[C@H](C)c4ccccc4)cc3)cc2)CC1.C[C@@H](Cc1ccc(C=Cc2ccc(/C(F)=C(\F)c3ccc(F)cc3)cc2)cc1)c1ccccc1.C[C@@H](Cc1ccc(C=Cc2ccc(OC(=O)c3ccc(F)cc3)cc2)cc1)c1ccccc1. The third-order valence-corrected chi connectivity index (χ3v) is 26.3. The Hall–Kier alpha value is -14.0. The Kier molecular flexibility index (Phi) is 38.9. The Labute approximate surface area is 814 Å². The van der Waals surface area contributed by atoms with Gasteiger partial charge < -0.3 is 9.47 Å². The summed E-state index contributed by atoms with van der Waals surface area (Å²) in [5, 5.41) is 0. The van der Waals surface area contributed by atoms with Gasteiger partial charge in [-0.3, -0.25) is 4.79 Å². The van der Waals surface area contributed by atoms with Gasteiger partial charge in [0.1, 0.15) is 29.0 Å². The van der Waals surface area contributed by atoms with Gasteiger partial charge in [0.15, 0.2) is 17.5 Å². The van der Waals surface area contributed by atoms with Gasteiger partial charge in [-0.2, -0.15) is 0 Å². The quantitative estimate of drug-likeness (QED) is 0.0182. The molecular formula is C128H126F6O4. The van der Waals surface area contributed by atoms with Crippen LogP contribution < -0.4 is 9.47 Å². The average Bonchev–Trinajstić information content (AvgIpc) is 0.837. The molecule has 0 aliphatic heterocycles. The summed E-state index contributed by atoms with van der Waals surface area (Å²) in [4.78, 5) is 24.7. The van der Waals surface area contributed by atoms with Crippen LogP contribution in [0.25, 0.3) is 66.1 Å². The average molecular weight is 1840 g/mol. The minimum atomic E-state index is -1.01. The van der Waals surface area contributed by atoms with Crippen molar-refractivity contribution in [3.8, 4) is 11.5 Å². The maximum Gasteiger partial charge on any atom is 0.343 e. The van der Waals surface area contributed by atoms with Gasteiger partial charge in [-0.1, -0.05) is 407 Å². The summed E-state index contributed by atoms with van der Waals surface area (Å²) in [7, 11) is 0. The van der Waals surface area contributed by atoms with E-state index in [1.807, 2.05) is 85.0 Å². The Balaban J connectivity index is 0.000000155. The second-order valence-corrected chi connectivity index (χ2v) is 36.9. The van der Waals surface area contributed by atoms with Crippen LogP contribution in [-0.2, 0) is 30.5 Å². The van der Waals surface area contributed by atoms with E-state index in [1.165, 1.54) is 124 Å². The summed E-state index contributed by atoms with van der Waals surface area (Å²) in [6, 6.07) is 115. The van der Waals surface area contributed by atoms with Crippen molar-refractivity contribution in [2.24, 2.45) is 23.7 Å². The minimum Gasteiger partial charge on any atom is -0.426 e. The van der Waals surface area contributed by atoms with Crippen LogP contribution in [0.5, 0.6) is 11.5 Å². The van der Waals surface area contributed by atoms with E-state index in [2.05, 4.69) is 272 Å². The molecule has 0 N–H and O–H groups in total. The number of ether oxygens (including phenoxy) is 2. The van der Waals surface area contributed by atoms with Crippen molar-refractivity contribution in [3.05, 3.63) is 493 Å². The number of halogens is 6. The first-order valence-electron chi connectivity index (χ1n) is 48.9. The van der Waals surface area contributed by atoms with Crippen molar-refractivity contribution in [2.75, 3.05) is 0 Å². The highest BCUT2D eigenvalue weighted by Crippen LogP contribution is 2.41. The third-order valence-electron chi connectivity index (χ3n) is 26.3. The third kappa shape index (κ3) is 32.1. The summed E-state index contributed by atoms with van der Waals surface area (Å²) < 4.78 is 95.7. The van der Waals surface area contributed by atoms with Crippen LogP contribution in [0.1, 0.15) is 258 Å². The van der Waals surface area contributed by atoms with E-state index < -0.39 is 35.1 Å². The molecule has 704 valence electrons. The zero-order valence-corrected chi connectivity index (χ0v) is 80.1. The Morgan fingerprint density at radius 1 is 0.275 bits per heavy atom. The lowest BCUT2D eigenvalue weighted by atomic mass is 9.79. The lowest BCUT2D eigenvalue weighted by molar-refractivity contribution is -0.140. The second kappa shape index (κ2) is 52.9. The standard InChI is InChI=1S/C34H38F2.C33H38O2.C31H25F3.C30H25FO2/c1-3-7-26-16-20-31(21-17-26)33(35)34(36)32-22-18-28(19-23-32)11-10-27-12-14-29(15-13-27)24-25(2)30-8-5-4-6-9-30;1-3-7-26-16-20-31(21-17-26)33(34)35-32-22-18-28(19-23-32)11-10-27-12-14-29(15-13-27)24-25(2)30-8-5-4-6-9-30;1-22(26-5-3-2-4-6-26)21-25-11-9-23(10-12-25)7-8-24-13-15-27(16-14-24)30(33)31(34)28-17-19-29(32)20-18-28;1-22(26-5-3-2-4-6-26)21-25-11-9-23(10-12-25)7-8-24-13-19-29(20-14-24)33-30(32)27-15-17-28(31)18-16-27/h4-6,8-15,18-19,22-23,25-26,31H,3,7,16-17,20-21,24H2,1-2H3;4-6,8-15,18-19,22-23,25-26,31H,3,7,16-17,20-21,24H2,1-2H3;2-20,22H,21H2,1H3;2-20,22H,21H2,1H3/b11-10?,34-33+;;8-7?,31-30+;/t2*25-,26?,31?;2*22-/m0000/s1. The van der Waals surface area contributed by atoms with E-state index in [1.54, 1.807) is 36.4 Å². The van der Waals surface area contributed by atoms with Crippen molar-refractivity contribution < 1.29 is 45.4 Å². The number of benzene rings is 14. The van der Waals surface area contributed by atoms with Crippen LogP contribution in [0.15, 0.2) is 370 Å². The summed E-state index contributed by atoms with van der Waals surface area (Å²) in [6.07, 6.45) is 33.0. The Morgan fingerprint density at radius 2 is 0.507 bits per heavy atom. The fourth-order valence-electron chi connectivity index (χ4n) is 17.9. The zero-order chi connectivity index (χ0) is 96.8. The van der Waals surface area contributed by atoms with Crippen LogP contribution in [0.4, 0.5) is 26.3 Å². The Bertz CT molecular complexity index is 6240. The molecule has 14 aromatic carbocycles. The van der Waals surface area contributed by atoms with Crippen LogP contribution in [0.2, 0.25) is 0 Å². The molecule has 16 rings (SSSR count). The molecule has 0 radical (unpaired) electrons. The van der Waals surface area contributed by atoms with Crippen molar-refractivity contribution in [3.63, 3.8) is 0 Å². The van der Waals surface area contributed by atoms with Gasteiger partial charge in [0.05, 0.1) is 11.5 Å². The molecule has 2 fully saturated rings. The highest BCUT2D eigenvalue weighted by atomic mass is 19.2. The molecule has 2 aliphatic carbocycles. The number of esters is 2. The smallest absolute Gasteiger partial charge is 0.343 e. The van der Waals surface area contributed by atoms with Crippen molar-refractivity contribution in [2.45, 2.75) is 168 Å². The fourth-order valence-corrected chi connectivity index (χ4v) is 17.9. The highest BCUT2D eigenvalue weighted by Gasteiger charge is 2.29. The minimum absolute atomic E-state index is 0.00415. The van der Waals surface area contributed by atoms with Gasteiger partial charge in [-0.05, 0) is 274 Å². The molecule has 14 aromatic rings. The van der Waals surface area contributed by atoms with E-state index in [0.29, 0.717) is 52.2 Å². The normalized spacial score (nSPS) is 16.0. The van der Waals surface area contributed by atoms with Crippen LogP contribution >= 0.6 is 0 Å². The summed E-state index contributed by atoms with van der Waals surface area (Å²) in [5.74, 6) is -0.447. The molecule has 0 unspecified atom stereocenters. The van der Waals surface area contributed by atoms with Crippen molar-refractivity contribution in [1.29, 1.82) is 0 Å². The molecule has 2 saturated carbocycles. The van der Waals surface area contributed by atoms with Gasteiger partial charge in [-0.25, -0.2) is 31.1 Å². The summed E-state index contributed by atoms with van der Waals surface area (Å²) in [6.45, 7) is 13.5. The number of rotatable bonds is 32. The van der Waals surface area contributed by atoms with Gasteiger partial charge in [-0.15, -0.1) is 0 Å². The van der Waals surface area contributed by atoms with Crippen LogP contribution in [-0.4, -0.2) is 11.9 Å². The summed E-state index contributed by atoms with van der Waals surface area (Å²) >= 11 is 0. The van der Waals surface area contributed by atoms with E-state index in [9.17, 15) is 35.9 Å². The van der Waals surface area contributed by atoms with Crippen molar-refractivity contribution in [1.82, 2.24) is 0 Å². The zero-order valence-electron chi connectivity index (χ0n) is 80.1. The maximum atomic E-state index is 14.9. The Morgan fingerprint density at radius 3 is 0.783 bits per heavy atom. The molecule has 0 aromatic heterocycles. The maximum absolute atomic E-state index is 14.9. The number of hydrogen-bond donors (Lipinski definition) is 0. The molecule has 0 saturated heterocycles. The molecule has 4 atom stereocenters. The monoisotopic (exact) mass is 1840 g/mol. The molecular weight excluding hydrogens is 1720 g/mol. The summed E-state index contributed by atoms with van der Waals surface area (Å²) in [5.41, 5.74) is 19.9. The number of allylic oxidation sites excluding steroid dienone is 1. The predicted octanol–water partition coefficient (Wildman–Crippen LogP) is 35.8. The first-order chi connectivity index (χ1) is 67.2. The van der Waals surface area contributed by atoms with E-state index in [0.717, 1.165) is 134 Å².